The Hall–Kier alpha value is -2.42. The number of anilines is 1. The Bertz CT molecular complexity index is 851. The molecule has 1 aliphatic rings. The standard InChI is InChI=1S/C20H19IN2O4/c21-16-3-1-4-17(11-16)22-18(24)13-27-20(26)15-8-6-14(7-9-15)12-23-10-2-5-19(23)25/h1,3-4,6-9,11H,2,5,10,12-13H2,(H,22,24). The molecule has 6 nitrogen and oxygen atoms in total. The first kappa shape index (κ1) is 19.3. The number of ether oxygens (including phenoxy) is 1. The first-order chi connectivity index (χ1) is 13.0. The van der Waals surface area contributed by atoms with Gasteiger partial charge in [0.25, 0.3) is 5.91 Å². The van der Waals surface area contributed by atoms with Crippen molar-refractivity contribution >= 4 is 46.1 Å². The zero-order valence-electron chi connectivity index (χ0n) is 14.6. The van der Waals surface area contributed by atoms with Crippen molar-refractivity contribution in [2.24, 2.45) is 0 Å². The number of carbonyl (C=O) groups is 3. The molecule has 3 rings (SSSR count). The van der Waals surface area contributed by atoms with E-state index in [1.807, 2.05) is 23.1 Å². The van der Waals surface area contributed by atoms with E-state index in [9.17, 15) is 14.4 Å². The molecule has 2 aromatic carbocycles. The maximum absolute atomic E-state index is 12.1. The molecule has 1 saturated heterocycles. The van der Waals surface area contributed by atoms with Crippen molar-refractivity contribution < 1.29 is 19.1 Å². The number of rotatable bonds is 6. The first-order valence-corrected chi connectivity index (χ1v) is 9.68. The third-order valence-electron chi connectivity index (χ3n) is 4.18. The van der Waals surface area contributed by atoms with Gasteiger partial charge in [-0.05, 0) is 64.9 Å². The predicted molar refractivity (Wildman–Crippen MR) is 109 cm³/mol. The lowest BCUT2D eigenvalue weighted by molar-refractivity contribution is -0.128. The number of carbonyl (C=O) groups excluding carboxylic acids is 3. The summed E-state index contributed by atoms with van der Waals surface area (Å²) in [6, 6.07) is 14.2. The largest absolute Gasteiger partial charge is 0.452 e. The number of benzene rings is 2. The summed E-state index contributed by atoms with van der Waals surface area (Å²) < 4.78 is 6.06. The summed E-state index contributed by atoms with van der Waals surface area (Å²) in [5.41, 5.74) is 1.98. The van der Waals surface area contributed by atoms with Crippen molar-refractivity contribution in [1.82, 2.24) is 4.90 Å². The highest BCUT2D eigenvalue weighted by Gasteiger charge is 2.20. The summed E-state index contributed by atoms with van der Waals surface area (Å²) in [6.07, 6.45) is 1.50. The first-order valence-electron chi connectivity index (χ1n) is 8.60. The van der Waals surface area contributed by atoms with Crippen molar-refractivity contribution in [3.05, 3.63) is 63.2 Å². The molecule has 140 valence electrons. The smallest absolute Gasteiger partial charge is 0.338 e. The van der Waals surface area contributed by atoms with Crippen molar-refractivity contribution in [1.29, 1.82) is 0 Å². The van der Waals surface area contributed by atoms with E-state index in [1.54, 1.807) is 30.3 Å². The molecule has 0 spiro atoms. The van der Waals surface area contributed by atoms with Crippen LogP contribution >= 0.6 is 22.6 Å². The van der Waals surface area contributed by atoms with Crippen LogP contribution in [0.2, 0.25) is 0 Å². The van der Waals surface area contributed by atoms with Gasteiger partial charge in [-0.15, -0.1) is 0 Å². The molecule has 0 bridgehead atoms. The van der Waals surface area contributed by atoms with E-state index in [2.05, 4.69) is 27.9 Å². The minimum absolute atomic E-state index is 0.164. The van der Waals surface area contributed by atoms with Gasteiger partial charge in [0.2, 0.25) is 5.91 Å². The normalized spacial score (nSPS) is 13.5. The second kappa shape index (κ2) is 8.98. The van der Waals surface area contributed by atoms with Gasteiger partial charge in [-0.1, -0.05) is 18.2 Å². The SMILES string of the molecule is O=C(COC(=O)c1ccc(CN2CCCC2=O)cc1)Nc1cccc(I)c1. The van der Waals surface area contributed by atoms with E-state index in [0.29, 0.717) is 24.2 Å². The molecule has 0 atom stereocenters. The molecule has 2 amide bonds. The Morgan fingerprint density at radius 2 is 1.93 bits per heavy atom. The Labute approximate surface area is 171 Å². The van der Waals surface area contributed by atoms with Crippen LogP contribution in [0, 0.1) is 3.57 Å². The lowest BCUT2D eigenvalue weighted by Gasteiger charge is -2.15. The van der Waals surface area contributed by atoms with Gasteiger partial charge in [-0.2, -0.15) is 0 Å². The number of nitrogens with zero attached hydrogens (tertiary/aromatic N) is 1. The van der Waals surface area contributed by atoms with Gasteiger partial charge in [0.1, 0.15) is 0 Å². The summed E-state index contributed by atoms with van der Waals surface area (Å²) in [5.74, 6) is -0.788. The molecule has 0 saturated carbocycles. The van der Waals surface area contributed by atoms with Crippen LogP contribution in [0.4, 0.5) is 5.69 Å². The van der Waals surface area contributed by atoms with Gasteiger partial charge in [0.15, 0.2) is 6.61 Å². The number of amides is 2. The highest BCUT2D eigenvalue weighted by molar-refractivity contribution is 14.1. The Morgan fingerprint density at radius 1 is 1.15 bits per heavy atom. The van der Waals surface area contributed by atoms with Crippen LogP contribution in [0.25, 0.3) is 0 Å². The number of esters is 1. The third-order valence-corrected chi connectivity index (χ3v) is 4.85. The van der Waals surface area contributed by atoms with Gasteiger partial charge in [0.05, 0.1) is 5.56 Å². The highest BCUT2D eigenvalue weighted by Crippen LogP contribution is 2.15. The predicted octanol–water partition coefficient (Wildman–Crippen LogP) is 3.21. The molecule has 7 heteroatoms. The van der Waals surface area contributed by atoms with Crippen molar-refractivity contribution in [2.75, 3.05) is 18.5 Å². The summed E-state index contributed by atoms with van der Waals surface area (Å²) in [7, 11) is 0. The molecular weight excluding hydrogens is 459 g/mol. The lowest BCUT2D eigenvalue weighted by atomic mass is 10.1. The van der Waals surface area contributed by atoms with Crippen LogP contribution in [0.1, 0.15) is 28.8 Å². The van der Waals surface area contributed by atoms with E-state index in [0.717, 1.165) is 22.1 Å². The van der Waals surface area contributed by atoms with Crippen LogP contribution in [-0.2, 0) is 20.9 Å². The minimum atomic E-state index is -0.559. The van der Waals surface area contributed by atoms with Crippen LogP contribution in [-0.4, -0.2) is 35.8 Å². The summed E-state index contributed by atoms with van der Waals surface area (Å²) >= 11 is 2.15. The fourth-order valence-electron chi connectivity index (χ4n) is 2.82. The molecule has 1 heterocycles. The molecule has 1 fully saturated rings. The Balaban J connectivity index is 1.49. The second-order valence-electron chi connectivity index (χ2n) is 6.25. The van der Waals surface area contributed by atoms with Gasteiger partial charge in [-0.25, -0.2) is 4.79 Å². The van der Waals surface area contributed by atoms with E-state index < -0.39 is 11.9 Å². The Morgan fingerprint density at radius 3 is 2.59 bits per heavy atom. The van der Waals surface area contributed by atoms with Crippen LogP contribution < -0.4 is 5.32 Å². The molecule has 0 unspecified atom stereocenters. The van der Waals surface area contributed by atoms with Crippen LogP contribution in [0.15, 0.2) is 48.5 Å². The topological polar surface area (TPSA) is 75.7 Å². The van der Waals surface area contributed by atoms with E-state index in [1.165, 1.54) is 0 Å². The molecule has 0 aliphatic carbocycles. The number of halogens is 1. The fraction of sp³-hybridized carbons (Fsp3) is 0.250. The molecule has 0 radical (unpaired) electrons. The average Bonchev–Trinajstić information content (AvgIpc) is 3.05. The van der Waals surface area contributed by atoms with Gasteiger partial charge in [0, 0.05) is 28.8 Å². The molecule has 27 heavy (non-hydrogen) atoms. The molecule has 1 N–H and O–H groups in total. The highest BCUT2D eigenvalue weighted by atomic mass is 127. The summed E-state index contributed by atoms with van der Waals surface area (Å²) in [6.45, 7) is 0.971. The third kappa shape index (κ3) is 5.53. The van der Waals surface area contributed by atoms with Gasteiger partial charge >= 0.3 is 5.97 Å². The summed E-state index contributed by atoms with van der Waals surface area (Å²) in [5, 5.41) is 2.68. The molecule has 2 aromatic rings. The molecular formula is C20H19IN2O4. The minimum Gasteiger partial charge on any atom is -0.452 e. The summed E-state index contributed by atoms with van der Waals surface area (Å²) in [4.78, 5) is 37.5. The zero-order chi connectivity index (χ0) is 19.2. The average molecular weight is 478 g/mol. The van der Waals surface area contributed by atoms with Crippen molar-refractivity contribution in [3.8, 4) is 0 Å². The van der Waals surface area contributed by atoms with E-state index in [-0.39, 0.29) is 12.5 Å². The quantitative estimate of drug-likeness (QED) is 0.511. The maximum Gasteiger partial charge on any atom is 0.338 e. The van der Waals surface area contributed by atoms with Crippen molar-refractivity contribution in [3.63, 3.8) is 0 Å². The van der Waals surface area contributed by atoms with Crippen LogP contribution in [0.3, 0.4) is 0 Å². The van der Waals surface area contributed by atoms with Gasteiger partial charge in [-0.3, -0.25) is 9.59 Å². The lowest BCUT2D eigenvalue weighted by Crippen LogP contribution is -2.23. The number of nitrogens with one attached hydrogen (secondary N) is 1. The monoisotopic (exact) mass is 478 g/mol. The van der Waals surface area contributed by atoms with Crippen molar-refractivity contribution in [2.45, 2.75) is 19.4 Å². The van der Waals surface area contributed by atoms with E-state index >= 15 is 0 Å². The van der Waals surface area contributed by atoms with Gasteiger partial charge < -0.3 is 15.0 Å². The maximum atomic E-state index is 12.1. The second-order valence-corrected chi connectivity index (χ2v) is 7.50. The number of likely N-dealkylation sites (tertiary alicyclic amines) is 1. The number of hydrogen-bond donors (Lipinski definition) is 1. The number of hydrogen-bond acceptors (Lipinski definition) is 4. The van der Waals surface area contributed by atoms with E-state index in [4.69, 9.17) is 4.74 Å². The fourth-order valence-corrected chi connectivity index (χ4v) is 3.36. The zero-order valence-corrected chi connectivity index (χ0v) is 16.8. The Kier molecular flexibility index (Phi) is 6.44. The molecule has 0 aromatic heterocycles. The molecule has 1 aliphatic heterocycles. The van der Waals surface area contributed by atoms with Crippen LogP contribution in [0.5, 0.6) is 0 Å².